The number of fused-ring (bicyclic) bond motifs is 3. The van der Waals surface area contributed by atoms with Gasteiger partial charge in [0.2, 0.25) is 5.91 Å². The number of carbonyl (C=O) groups is 4. The highest BCUT2D eigenvalue weighted by Crippen LogP contribution is 2.35. The van der Waals surface area contributed by atoms with Gasteiger partial charge in [0.05, 0.1) is 34.5 Å². The lowest BCUT2D eigenvalue weighted by Gasteiger charge is -2.29. The van der Waals surface area contributed by atoms with Crippen molar-refractivity contribution in [1.82, 2.24) is 0 Å². The lowest BCUT2D eigenvalue weighted by atomic mass is 9.83. The number of ketones is 2. The Kier molecular flexibility index (Phi) is 4.90. The van der Waals surface area contributed by atoms with E-state index in [4.69, 9.17) is 4.74 Å². The number of hydrogen-bond acceptors (Lipinski definition) is 8. The molecular formula is C24H15N3O7. The molecule has 0 fully saturated rings. The van der Waals surface area contributed by atoms with Crippen molar-refractivity contribution < 1.29 is 28.8 Å². The number of hydrogen-bond donors (Lipinski definition) is 1. The molecule has 1 N–H and O–H groups in total. The minimum Gasteiger partial charge on any atom is -0.423 e. The van der Waals surface area contributed by atoms with E-state index in [2.05, 4.69) is 5.32 Å². The predicted octanol–water partition coefficient (Wildman–Crippen LogP) is 2.73. The van der Waals surface area contributed by atoms with E-state index < -0.39 is 16.8 Å². The van der Waals surface area contributed by atoms with Crippen LogP contribution >= 0.6 is 0 Å². The second-order valence-corrected chi connectivity index (χ2v) is 7.72. The standard InChI is InChI=1S/C24H15N3O7/c28-20(11-26-12-21(29)34-19-10-13(27(32)33)8-9-18(19)26)25-17-7-3-6-16-22(17)24(31)15-5-2-1-4-14(15)23(16)30/h1-10H,11-12H2,(H,25,28). The first-order valence-corrected chi connectivity index (χ1v) is 10.2. The summed E-state index contributed by atoms with van der Waals surface area (Å²) in [4.78, 5) is 62.7. The van der Waals surface area contributed by atoms with Gasteiger partial charge in [0.25, 0.3) is 5.69 Å². The molecule has 168 valence electrons. The average Bonchev–Trinajstić information content (AvgIpc) is 2.82. The fourth-order valence-corrected chi connectivity index (χ4v) is 4.11. The van der Waals surface area contributed by atoms with Gasteiger partial charge in [-0.15, -0.1) is 0 Å². The number of nitro groups is 1. The number of nitrogens with one attached hydrogen (secondary N) is 1. The number of anilines is 2. The second kappa shape index (κ2) is 7.93. The highest BCUT2D eigenvalue weighted by Gasteiger charge is 2.32. The maximum atomic E-state index is 13.1. The molecular weight excluding hydrogens is 442 g/mol. The first-order valence-electron chi connectivity index (χ1n) is 10.2. The van der Waals surface area contributed by atoms with Crippen molar-refractivity contribution in [3.05, 3.63) is 93.0 Å². The van der Waals surface area contributed by atoms with Crippen LogP contribution in [-0.4, -0.2) is 41.5 Å². The minimum atomic E-state index is -0.671. The SMILES string of the molecule is O=C(CN1CC(=O)Oc2cc([N+](=O)[O-])ccc21)Nc1cccc2c1C(=O)c1ccccc1C2=O. The van der Waals surface area contributed by atoms with Crippen LogP contribution in [0.2, 0.25) is 0 Å². The van der Waals surface area contributed by atoms with Gasteiger partial charge in [0.15, 0.2) is 17.3 Å². The van der Waals surface area contributed by atoms with Crippen LogP contribution in [-0.2, 0) is 9.59 Å². The molecule has 1 heterocycles. The summed E-state index contributed by atoms with van der Waals surface area (Å²) < 4.78 is 5.09. The van der Waals surface area contributed by atoms with E-state index in [1.165, 1.54) is 29.2 Å². The van der Waals surface area contributed by atoms with Crippen LogP contribution < -0.4 is 15.0 Å². The van der Waals surface area contributed by atoms with Gasteiger partial charge in [-0.2, -0.15) is 0 Å². The summed E-state index contributed by atoms with van der Waals surface area (Å²) in [6, 6.07) is 14.9. The number of esters is 1. The number of carbonyl (C=O) groups excluding carboxylic acids is 4. The monoisotopic (exact) mass is 457 g/mol. The van der Waals surface area contributed by atoms with E-state index in [1.54, 1.807) is 30.3 Å². The van der Waals surface area contributed by atoms with Gasteiger partial charge in [-0.1, -0.05) is 36.4 Å². The summed E-state index contributed by atoms with van der Waals surface area (Å²) in [6.07, 6.45) is 0. The highest BCUT2D eigenvalue weighted by molar-refractivity contribution is 6.30. The maximum absolute atomic E-state index is 13.1. The van der Waals surface area contributed by atoms with E-state index in [-0.39, 0.29) is 58.5 Å². The minimum absolute atomic E-state index is 0.0206. The third-order valence-electron chi connectivity index (χ3n) is 5.60. The molecule has 1 aliphatic carbocycles. The number of non-ortho nitro benzene ring substituents is 1. The van der Waals surface area contributed by atoms with E-state index in [1.807, 2.05) is 0 Å². The zero-order valence-corrected chi connectivity index (χ0v) is 17.4. The third-order valence-corrected chi connectivity index (χ3v) is 5.60. The Hall–Kier alpha value is -4.86. The molecule has 34 heavy (non-hydrogen) atoms. The molecule has 0 saturated heterocycles. The van der Waals surface area contributed by atoms with Crippen molar-refractivity contribution in [2.45, 2.75) is 0 Å². The molecule has 5 rings (SSSR count). The Morgan fingerprint density at radius 1 is 0.971 bits per heavy atom. The summed E-state index contributed by atoms with van der Waals surface area (Å²) in [5.41, 5.74) is 1.14. The molecule has 10 nitrogen and oxygen atoms in total. The second-order valence-electron chi connectivity index (χ2n) is 7.72. The van der Waals surface area contributed by atoms with Gasteiger partial charge in [-0.3, -0.25) is 24.5 Å². The maximum Gasteiger partial charge on any atom is 0.331 e. The zero-order valence-electron chi connectivity index (χ0n) is 17.4. The quantitative estimate of drug-likeness (QED) is 0.214. The van der Waals surface area contributed by atoms with Gasteiger partial charge in [-0.05, 0) is 12.1 Å². The van der Waals surface area contributed by atoms with Gasteiger partial charge in [0.1, 0.15) is 6.54 Å². The summed E-state index contributed by atoms with van der Waals surface area (Å²) in [6.45, 7) is -0.530. The van der Waals surface area contributed by atoms with Crippen molar-refractivity contribution in [3.63, 3.8) is 0 Å². The molecule has 1 amide bonds. The van der Waals surface area contributed by atoms with Crippen LogP contribution in [0.4, 0.5) is 17.1 Å². The van der Waals surface area contributed by atoms with Crippen LogP contribution in [0.5, 0.6) is 5.75 Å². The van der Waals surface area contributed by atoms with Crippen LogP contribution in [0.3, 0.4) is 0 Å². The lowest BCUT2D eigenvalue weighted by Crippen LogP contribution is -2.41. The molecule has 0 saturated carbocycles. The molecule has 0 bridgehead atoms. The van der Waals surface area contributed by atoms with Crippen molar-refractivity contribution in [3.8, 4) is 5.75 Å². The van der Waals surface area contributed by atoms with Crippen LogP contribution in [0.25, 0.3) is 0 Å². The predicted molar refractivity (Wildman–Crippen MR) is 119 cm³/mol. The Labute approximate surface area is 191 Å². The molecule has 1 aliphatic heterocycles. The van der Waals surface area contributed by atoms with E-state index in [0.29, 0.717) is 11.3 Å². The largest absolute Gasteiger partial charge is 0.423 e. The first-order chi connectivity index (χ1) is 16.3. The van der Waals surface area contributed by atoms with Crippen LogP contribution in [0.15, 0.2) is 60.7 Å². The number of benzene rings is 3. The lowest BCUT2D eigenvalue weighted by molar-refractivity contribution is -0.384. The fraction of sp³-hybridized carbons (Fsp3) is 0.0833. The number of nitro benzene ring substituents is 1. The Balaban J connectivity index is 1.42. The number of ether oxygens (including phenoxy) is 1. The molecule has 0 atom stereocenters. The van der Waals surface area contributed by atoms with Crippen LogP contribution in [0.1, 0.15) is 31.8 Å². The van der Waals surface area contributed by atoms with Crippen LogP contribution in [0, 0.1) is 10.1 Å². The molecule has 0 spiro atoms. The normalized spacial score (nSPS) is 14.0. The van der Waals surface area contributed by atoms with Gasteiger partial charge < -0.3 is 15.0 Å². The molecule has 3 aromatic carbocycles. The molecule has 3 aromatic rings. The van der Waals surface area contributed by atoms with Gasteiger partial charge in [-0.25, -0.2) is 4.79 Å². The summed E-state index contributed by atoms with van der Waals surface area (Å²) in [5, 5.41) is 13.7. The first kappa shape index (κ1) is 21.0. The molecule has 0 aromatic heterocycles. The molecule has 10 heteroatoms. The summed E-state index contributed by atoms with van der Waals surface area (Å²) in [5.74, 6) is -1.93. The van der Waals surface area contributed by atoms with Crippen molar-refractivity contribution in [2.24, 2.45) is 0 Å². The van der Waals surface area contributed by atoms with Gasteiger partial charge in [0, 0.05) is 22.8 Å². The van der Waals surface area contributed by atoms with E-state index in [0.717, 1.165) is 6.07 Å². The molecule has 0 radical (unpaired) electrons. The topological polar surface area (TPSA) is 136 Å². The van der Waals surface area contributed by atoms with Crippen molar-refractivity contribution in [2.75, 3.05) is 23.3 Å². The van der Waals surface area contributed by atoms with E-state index >= 15 is 0 Å². The summed E-state index contributed by atoms with van der Waals surface area (Å²) >= 11 is 0. The van der Waals surface area contributed by atoms with Gasteiger partial charge >= 0.3 is 5.97 Å². The average molecular weight is 457 g/mol. The molecule has 2 aliphatic rings. The zero-order chi connectivity index (χ0) is 24.0. The number of nitrogens with zero attached hydrogens (tertiary/aromatic N) is 2. The smallest absolute Gasteiger partial charge is 0.331 e. The number of amides is 1. The Bertz CT molecular complexity index is 1430. The van der Waals surface area contributed by atoms with E-state index in [9.17, 15) is 29.3 Å². The highest BCUT2D eigenvalue weighted by atomic mass is 16.6. The third kappa shape index (κ3) is 3.47. The van der Waals surface area contributed by atoms with Crippen molar-refractivity contribution in [1.29, 1.82) is 0 Å². The fourth-order valence-electron chi connectivity index (χ4n) is 4.11. The number of rotatable bonds is 4. The summed E-state index contributed by atoms with van der Waals surface area (Å²) in [7, 11) is 0. The Morgan fingerprint density at radius 3 is 2.41 bits per heavy atom. The Morgan fingerprint density at radius 2 is 1.68 bits per heavy atom. The molecule has 0 unspecified atom stereocenters. The van der Waals surface area contributed by atoms with Crippen molar-refractivity contribution >= 4 is 40.5 Å².